The van der Waals surface area contributed by atoms with Crippen molar-refractivity contribution in [2.75, 3.05) is 13.2 Å². The van der Waals surface area contributed by atoms with E-state index in [0.29, 0.717) is 12.8 Å². The fourth-order valence-electron chi connectivity index (χ4n) is 6.18. The lowest BCUT2D eigenvalue weighted by Gasteiger charge is -2.15. The van der Waals surface area contributed by atoms with Gasteiger partial charge in [0.25, 0.3) is 0 Å². The van der Waals surface area contributed by atoms with Gasteiger partial charge in [0.05, 0.1) is 13.2 Å². The zero-order chi connectivity index (χ0) is 42.6. The Hall–Kier alpha value is -3.72. The number of esters is 1. The molecule has 0 radical (unpaired) electrons. The maximum absolute atomic E-state index is 12.7. The van der Waals surface area contributed by atoms with Crippen molar-refractivity contribution >= 4 is 23.8 Å². The third-order valence-corrected chi connectivity index (χ3v) is 9.67. The van der Waals surface area contributed by atoms with Crippen molar-refractivity contribution in [2.45, 2.75) is 199 Å². The van der Waals surface area contributed by atoms with Gasteiger partial charge >= 0.3 is 11.9 Å². The number of carboxylic acid groups (broad SMARTS) is 1. The second-order valence-electron chi connectivity index (χ2n) is 15.1. The standard InChI is InChI=1S/C49H82N2O7/c1-3-5-7-9-11-13-14-15-16-17-18-19-20-21-22-23-24-25-26-27-29-31-37-41-48(55)58-44(38-34-30-28-12-10-8-6-4-2)39-35-32-33-36-40-46(53)50-42-47(54)51-45(43-52)49(56)57/h5,7,11,13,15-16,18-19,21-22,34,38,44-45,52H,3-4,6,8-10,12,14,17,20,23-33,35-37,39-43H2,1-2H3,(H,50,53)(H,51,54)(H,56,57)/b7-5-,13-11-,16-15-,19-18-,22-21-,38-34-. The SMILES string of the molecule is CC/C=C\C/C=C\C/C=C\C/C=C\C/C=C\CCCCCCCCCC(=O)OC(/C=C\CCCCCCCC)CCCCCCC(=O)NCC(=O)NC(CO)C(=O)O. The van der Waals surface area contributed by atoms with Gasteiger partial charge in [0, 0.05) is 12.8 Å². The van der Waals surface area contributed by atoms with Gasteiger partial charge in [-0.1, -0.05) is 158 Å². The lowest BCUT2D eigenvalue weighted by molar-refractivity contribution is -0.147. The van der Waals surface area contributed by atoms with Gasteiger partial charge in [0.1, 0.15) is 12.1 Å². The summed E-state index contributed by atoms with van der Waals surface area (Å²) in [6.07, 6.45) is 53.8. The van der Waals surface area contributed by atoms with Gasteiger partial charge in [-0.3, -0.25) is 14.4 Å². The third kappa shape index (κ3) is 39.1. The number of rotatable bonds is 40. The van der Waals surface area contributed by atoms with Crippen molar-refractivity contribution in [3.8, 4) is 0 Å². The molecule has 0 aliphatic rings. The number of nitrogens with one attached hydrogen (secondary N) is 2. The fraction of sp³-hybridized carbons (Fsp3) is 0.673. The van der Waals surface area contributed by atoms with E-state index in [-0.39, 0.29) is 30.9 Å². The number of aliphatic carboxylic acids is 1. The molecule has 9 heteroatoms. The van der Waals surface area contributed by atoms with Crippen LogP contribution in [-0.2, 0) is 23.9 Å². The molecule has 0 bridgehead atoms. The van der Waals surface area contributed by atoms with Crippen molar-refractivity contribution in [1.29, 1.82) is 0 Å². The van der Waals surface area contributed by atoms with Crippen LogP contribution in [0.4, 0.5) is 0 Å². The van der Waals surface area contributed by atoms with Gasteiger partial charge in [-0.2, -0.15) is 0 Å². The van der Waals surface area contributed by atoms with Crippen LogP contribution in [0, 0.1) is 0 Å². The molecule has 0 aromatic heterocycles. The van der Waals surface area contributed by atoms with Gasteiger partial charge in [-0.15, -0.1) is 0 Å². The van der Waals surface area contributed by atoms with E-state index < -0.39 is 24.5 Å². The Labute approximate surface area is 353 Å². The Morgan fingerprint density at radius 2 is 1.03 bits per heavy atom. The van der Waals surface area contributed by atoms with E-state index in [4.69, 9.17) is 14.9 Å². The molecule has 9 nitrogen and oxygen atoms in total. The number of hydrogen-bond acceptors (Lipinski definition) is 6. The molecule has 330 valence electrons. The highest BCUT2D eigenvalue weighted by atomic mass is 16.5. The molecule has 0 aromatic rings. The Bertz CT molecular complexity index is 1200. The number of aliphatic hydroxyl groups is 1. The molecule has 0 fully saturated rings. The summed E-state index contributed by atoms with van der Waals surface area (Å²) in [7, 11) is 0. The predicted octanol–water partition coefficient (Wildman–Crippen LogP) is 11.5. The van der Waals surface area contributed by atoms with Crippen LogP contribution in [0.15, 0.2) is 72.9 Å². The molecule has 0 aromatic carbocycles. The average Bonchev–Trinajstić information content (AvgIpc) is 3.21. The van der Waals surface area contributed by atoms with Gasteiger partial charge in [-0.05, 0) is 89.5 Å². The first-order valence-electron chi connectivity index (χ1n) is 22.8. The van der Waals surface area contributed by atoms with Crippen molar-refractivity contribution in [2.24, 2.45) is 0 Å². The van der Waals surface area contributed by atoms with Gasteiger partial charge < -0.3 is 25.6 Å². The second-order valence-corrected chi connectivity index (χ2v) is 15.1. The summed E-state index contributed by atoms with van der Waals surface area (Å²) in [6.45, 7) is 3.32. The van der Waals surface area contributed by atoms with Crippen LogP contribution >= 0.6 is 0 Å². The topological polar surface area (TPSA) is 142 Å². The molecule has 0 spiro atoms. The normalized spacial score (nSPS) is 13.2. The lowest BCUT2D eigenvalue weighted by Crippen LogP contribution is -2.47. The van der Waals surface area contributed by atoms with Gasteiger partial charge in [0.15, 0.2) is 0 Å². The Morgan fingerprint density at radius 3 is 1.59 bits per heavy atom. The number of hydrogen-bond donors (Lipinski definition) is 4. The van der Waals surface area contributed by atoms with E-state index in [9.17, 15) is 19.2 Å². The van der Waals surface area contributed by atoms with Crippen LogP contribution in [0.25, 0.3) is 0 Å². The minimum atomic E-state index is -1.39. The van der Waals surface area contributed by atoms with E-state index in [1.807, 2.05) is 0 Å². The van der Waals surface area contributed by atoms with Crippen LogP contribution < -0.4 is 10.6 Å². The Morgan fingerprint density at radius 1 is 0.552 bits per heavy atom. The summed E-state index contributed by atoms with van der Waals surface area (Å²) in [6, 6.07) is -1.39. The number of carbonyl (C=O) groups excluding carboxylic acids is 3. The Kier molecular flexibility index (Phi) is 40.1. The van der Waals surface area contributed by atoms with Crippen molar-refractivity contribution in [1.82, 2.24) is 10.6 Å². The first-order valence-corrected chi connectivity index (χ1v) is 22.8. The zero-order valence-electron chi connectivity index (χ0n) is 36.5. The molecular formula is C49H82N2O7. The molecule has 2 unspecified atom stereocenters. The predicted molar refractivity (Wildman–Crippen MR) is 240 cm³/mol. The monoisotopic (exact) mass is 811 g/mol. The molecule has 0 saturated heterocycles. The number of carboxylic acids is 1. The molecule has 0 heterocycles. The van der Waals surface area contributed by atoms with Gasteiger partial charge in [-0.25, -0.2) is 4.79 Å². The number of ether oxygens (including phenoxy) is 1. The molecule has 0 saturated carbocycles. The smallest absolute Gasteiger partial charge is 0.328 e. The number of allylic oxidation sites excluding steroid dienone is 11. The van der Waals surface area contributed by atoms with Crippen LogP contribution in [0.5, 0.6) is 0 Å². The summed E-state index contributed by atoms with van der Waals surface area (Å²) in [5.41, 5.74) is 0. The second kappa shape index (κ2) is 42.9. The average molecular weight is 811 g/mol. The fourth-order valence-corrected chi connectivity index (χ4v) is 6.18. The quantitative estimate of drug-likeness (QED) is 0.0274. The lowest BCUT2D eigenvalue weighted by atomic mass is 10.1. The van der Waals surface area contributed by atoms with Crippen LogP contribution in [-0.4, -0.2) is 59.3 Å². The van der Waals surface area contributed by atoms with Crippen molar-refractivity contribution in [3.63, 3.8) is 0 Å². The molecule has 2 atom stereocenters. The van der Waals surface area contributed by atoms with E-state index in [1.165, 1.54) is 57.8 Å². The van der Waals surface area contributed by atoms with Crippen molar-refractivity contribution < 1.29 is 34.1 Å². The maximum atomic E-state index is 12.7. The molecule has 58 heavy (non-hydrogen) atoms. The number of carbonyl (C=O) groups is 4. The first kappa shape index (κ1) is 54.3. The van der Waals surface area contributed by atoms with E-state index in [1.54, 1.807) is 0 Å². The molecule has 2 amide bonds. The van der Waals surface area contributed by atoms with Crippen molar-refractivity contribution in [3.05, 3.63) is 72.9 Å². The highest BCUT2D eigenvalue weighted by Gasteiger charge is 2.18. The number of unbranched alkanes of at least 4 members (excludes halogenated alkanes) is 16. The Balaban J connectivity index is 4.21. The summed E-state index contributed by atoms with van der Waals surface area (Å²) in [5, 5.41) is 22.5. The van der Waals surface area contributed by atoms with Crippen LogP contribution in [0.3, 0.4) is 0 Å². The largest absolute Gasteiger partial charge is 0.480 e. The first-order chi connectivity index (χ1) is 28.3. The minimum absolute atomic E-state index is 0.124. The zero-order valence-corrected chi connectivity index (χ0v) is 36.5. The summed E-state index contributed by atoms with van der Waals surface area (Å²) in [5.74, 6) is -2.42. The molecule has 0 rings (SSSR count). The highest BCUT2D eigenvalue weighted by molar-refractivity contribution is 5.87. The summed E-state index contributed by atoms with van der Waals surface area (Å²) < 4.78 is 5.91. The number of amides is 2. The van der Waals surface area contributed by atoms with Crippen LogP contribution in [0.1, 0.15) is 187 Å². The molecule has 0 aliphatic carbocycles. The third-order valence-electron chi connectivity index (χ3n) is 9.67. The van der Waals surface area contributed by atoms with E-state index >= 15 is 0 Å². The van der Waals surface area contributed by atoms with Crippen LogP contribution in [0.2, 0.25) is 0 Å². The highest BCUT2D eigenvalue weighted by Crippen LogP contribution is 2.15. The molecule has 0 aliphatic heterocycles. The number of aliphatic hydroxyl groups excluding tert-OH is 1. The summed E-state index contributed by atoms with van der Waals surface area (Å²) >= 11 is 0. The molecule has 4 N–H and O–H groups in total. The van der Waals surface area contributed by atoms with Gasteiger partial charge in [0.2, 0.25) is 11.8 Å². The minimum Gasteiger partial charge on any atom is -0.480 e. The van der Waals surface area contributed by atoms with E-state index in [2.05, 4.69) is 97.4 Å². The maximum Gasteiger partial charge on any atom is 0.328 e. The summed E-state index contributed by atoms with van der Waals surface area (Å²) in [4.78, 5) is 47.6. The van der Waals surface area contributed by atoms with E-state index in [0.717, 1.165) is 96.3 Å². The molecular weight excluding hydrogens is 729 g/mol.